The lowest BCUT2D eigenvalue weighted by Gasteiger charge is -2.32. The predicted octanol–water partition coefficient (Wildman–Crippen LogP) is -0.896. The first-order chi connectivity index (χ1) is 12.0. The number of likely N-dealkylation sites (tertiary alicyclic amines) is 1. The summed E-state index contributed by atoms with van der Waals surface area (Å²) in [5, 5.41) is 26.5. The Morgan fingerprint density at radius 3 is 2.56 bits per heavy atom. The molecule has 4 N–H and O–H groups in total. The molecule has 25 heavy (non-hydrogen) atoms. The van der Waals surface area contributed by atoms with Gasteiger partial charge < -0.3 is 30.1 Å². The number of nitrogens with one attached hydrogen (secondary N) is 1. The molecular weight excluding hydrogens is 332 g/mol. The van der Waals surface area contributed by atoms with E-state index in [-0.39, 0.29) is 24.8 Å². The Balaban J connectivity index is 0.000000844. The molecule has 2 atom stereocenters. The fourth-order valence-corrected chi connectivity index (χ4v) is 2.38. The van der Waals surface area contributed by atoms with Crippen LogP contribution in [0.3, 0.4) is 0 Å². The van der Waals surface area contributed by atoms with Crippen LogP contribution in [0.5, 0.6) is 0 Å². The summed E-state index contributed by atoms with van der Waals surface area (Å²) in [5.74, 6) is -0.336. The number of rotatable bonds is 5. The highest BCUT2D eigenvalue weighted by molar-refractivity contribution is 5.79. The van der Waals surface area contributed by atoms with Gasteiger partial charge in [-0.2, -0.15) is 0 Å². The summed E-state index contributed by atoms with van der Waals surface area (Å²) in [5.41, 5.74) is 0. The maximum atomic E-state index is 12.0. The minimum atomic E-state index is -0.509. The summed E-state index contributed by atoms with van der Waals surface area (Å²) in [6, 6.07) is 0. The van der Waals surface area contributed by atoms with Crippen molar-refractivity contribution in [2.45, 2.75) is 25.5 Å². The lowest BCUT2D eigenvalue weighted by atomic mass is 9.94. The molecule has 0 aromatic carbocycles. The fourth-order valence-electron chi connectivity index (χ4n) is 2.38. The van der Waals surface area contributed by atoms with Gasteiger partial charge in [-0.25, -0.2) is 4.98 Å². The van der Waals surface area contributed by atoms with Crippen molar-refractivity contribution in [3.8, 4) is 0 Å². The molecule has 1 aromatic rings. The molecule has 2 rings (SSSR count). The van der Waals surface area contributed by atoms with Crippen LogP contribution in [-0.4, -0.2) is 81.4 Å². The van der Waals surface area contributed by atoms with E-state index in [4.69, 9.17) is 19.8 Å². The number of aliphatic hydroxyl groups is 1. The number of carboxylic acid groups (broad SMARTS) is 2. The van der Waals surface area contributed by atoms with Crippen molar-refractivity contribution in [1.82, 2.24) is 19.8 Å². The quantitative estimate of drug-likeness (QED) is 0.391. The van der Waals surface area contributed by atoms with E-state index in [2.05, 4.69) is 15.2 Å². The van der Waals surface area contributed by atoms with Gasteiger partial charge in [0.25, 0.3) is 12.9 Å². The first kappa shape index (κ1) is 22.5. The van der Waals surface area contributed by atoms with Gasteiger partial charge in [0.2, 0.25) is 5.91 Å². The lowest BCUT2D eigenvalue weighted by molar-refractivity contribution is -0.131. The van der Waals surface area contributed by atoms with E-state index in [0.29, 0.717) is 19.5 Å². The summed E-state index contributed by atoms with van der Waals surface area (Å²) < 4.78 is 1.98. The molecule has 0 bridgehead atoms. The number of hydrogen-bond donors (Lipinski definition) is 4. The topological polar surface area (TPSA) is 145 Å². The molecule has 0 spiro atoms. The molecule has 0 unspecified atom stereocenters. The molecule has 1 aromatic heterocycles. The molecule has 142 valence electrons. The third-order valence-electron chi connectivity index (χ3n) is 3.57. The molecule has 10 nitrogen and oxygen atoms in total. The Morgan fingerprint density at radius 2 is 2.00 bits per heavy atom. The Bertz CT molecular complexity index is 476. The Morgan fingerprint density at radius 1 is 1.36 bits per heavy atom. The normalized spacial score (nSPS) is 19.4. The third kappa shape index (κ3) is 10.1. The third-order valence-corrected chi connectivity index (χ3v) is 3.57. The summed E-state index contributed by atoms with van der Waals surface area (Å²) in [6.07, 6.45) is 6.44. The minimum absolute atomic E-state index is 0.0373. The van der Waals surface area contributed by atoms with Crippen molar-refractivity contribution in [2.24, 2.45) is 5.92 Å². The van der Waals surface area contributed by atoms with Crippen LogP contribution in [0.2, 0.25) is 0 Å². The van der Waals surface area contributed by atoms with Crippen molar-refractivity contribution >= 4 is 18.9 Å². The van der Waals surface area contributed by atoms with Crippen LogP contribution in [0.4, 0.5) is 0 Å². The van der Waals surface area contributed by atoms with Crippen LogP contribution in [-0.2, 0) is 20.9 Å². The smallest absolute Gasteiger partial charge is 0.290 e. The van der Waals surface area contributed by atoms with E-state index < -0.39 is 6.10 Å². The van der Waals surface area contributed by atoms with E-state index in [0.717, 1.165) is 19.5 Å². The first-order valence-corrected chi connectivity index (χ1v) is 7.75. The number of nitrogens with zero attached hydrogens (tertiary/aromatic N) is 3. The highest BCUT2D eigenvalue weighted by Gasteiger charge is 2.31. The monoisotopic (exact) mass is 358 g/mol. The number of imidazole rings is 1. The molecule has 1 amide bonds. The zero-order chi connectivity index (χ0) is 19.1. The van der Waals surface area contributed by atoms with Crippen molar-refractivity contribution in [3.05, 3.63) is 18.7 Å². The van der Waals surface area contributed by atoms with Gasteiger partial charge >= 0.3 is 0 Å². The average molecular weight is 358 g/mol. The molecule has 0 radical (unpaired) electrons. The molecule has 0 saturated carbocycles. The number of amides is 1. The highest BCUT2D eigenvalue weighted by atomic mass is 16.3. The number of carbonyl (C=O) groups is 3. The summed E-state index contributed by atoms with van der Waals surface area (Å²) in [6.45, 7) is 2.46. The maximum absolute atomic E-state index is 12.0. The van der Waals surface area contributed by atoms with Gasteiger partial charge in [0.15, 0.2) is 0 Å². The SMILES string of the molecule is CN1CC[C@H](O)[C@H](C(=O)NCCCn2ccnc2)C1.O=CO.O=CO. The molecule has 1 fully saturated rings. The number of aliphatic hydroxyl groups excluding tert-OH is 1. The van der Waals surface area contributed by atoms with Crippen LogP contribution >= 0.6 is 0 Å². The van der Waals surface area contributed by atoms with Gasteiger partial charge in [-0.15, -0.1) is 0 Å². The summed E-state index contributed by atoms with van der Waals surface area (Å²) in [7, 11) is 1.98. The lowest BCUT2D eigenvalue weighted by Crippen LogP contribution is -2.48. The Labute approximate surface area is 146 Å². The minimum Gasteiger partial charge on any atom is -0.483 e. The van der Waals surface area contributed by atoms with Crippen LogP contribution in [0.1, 0.15) is 12.8 Å². The van der Waals surface area contributed by atoms with Crippen LogP contribution in [0.25, 0.3) is 0 Å². The summed E-state index contributed by atoms with van der Waals surface area (Å²) >= 11 is 0. The second-order valence-electron chi connectivity index (χ2n) is 5.38. The van der Waals surface area contributed by atoms with Crippen LogP contribution in [0, 0.1) is 5.92 Å². The second-order valence-corrected chi connectivity index (χ2v) is 5.38. The predicted molar refractivity (Wildman–Crippen MR) is 88.9 cm³/mol. The average Bonchev–Trinajstić information content (AvgIpc) is 3.08. The molecule has 1 aliphatic heterocycles. The van der Waals surface area contributed by atoms with Crippen LogP contribution in [0.15, 0.2) is 18.7 Å². The zero-order valence-corrected chi connectivity index (χ0v) is 14.2. The van der Waals surface area contributed by atoms with E-state index in [1.54, 1.807) is 12.5 Å². The number of aromatic nitrogens is 2. The van der Waals surface area contributed by atoms with Gasteiger partial charge in [-0.1, -0.05) is 0 Å². The van der Waals surface area contributed by atoms with Crippen molar-refractivity contribution in [2.75, 3.05) is 26.7 Å². The van der Waals surface area contributed by atoms with E-state index >= 15 is 0 Å². The largest absolute Gasteiger partial charge is 0.483 e. The number of hydrogen-bond acceptors (Lipinski definition) is 6. The zero-order valence-electron chi connectivity index (χ0n) is 14.2. The van der Waals surface area contributed by atoms with Crippen molar-refractivity contribution in [1.29, 1.82) is 0 Å². The van der Waals surface area contributed by atoms with Crippen molar-refractivity contribution in [3.63, 3.8) is 0 Å². The first-order valence-electron chi connectivity index (χ1n) is 7.75. The van der Waals surface area contributed by atoms with Gasteiger partial charge in [-0.3, -0.25) is 14.4 Å². The number of piperidine rings is 1. The standard InChI is InChI=1S/C13H22N4O2.2CH2O2/c1-16-7-3-12(18)11(9-16)13(19)15-4-2-6-17-8-5-14-10-17;2*2-1-3/h5,8,10-12,18H,2-4,6-7,9H2,1H3,(H,15,19);2*1H,(H,2,3)/t11-,12+;;/m1../s1. The molecular formula is C15H26N4O6. The van der Waals surface area contributed by atoms with Crippen LogP contribution < -0.4 is 5.32 Å². The van der Waals surface area contributed by atoms with Gasteiger partial charge in [-0.05, 0) is 19.9 Å². The molecule has 10 heteroatoms. The fraction of sp³-hybridized carbons (Fsp3) is 0.600. The molecule has 0 aliphatic carbocycles. The molecule has 1 saturated heterocycles. The maximum Gasteiger partial charge on any atom is 0.290 e. The highest BCUT2D eigenvalue weighted by Crippen LogP contribution is 2.16. The van der Waals surface area contributed by atoms with Gasteiger partial charge in [0.05, 0.1) is 18.3 Å². The van der Waals surface area contributed by atoms with Gasteiger partial charge in [0.1, 0.15) is 0 Å². The Hall–Kier alpha value is -2.46. The van der Waals surface area contributed by atoms with E-state index in [1.807, 2.05) is 17.8 Å². The number of carbonyl (C=O) groups excluding carboxylic acids is 1. The van der Waals surface area contributed by atoms with Gasteiger partial charge in [0, 0.05) is 38.6 Å². The molecule has 1 aliphatic rings. The van der Waals surface area contributed by atoms with Crippen molar-refractivity contribution < 1.29 is 29.7 Å². The number of aryl methyl sites for hydroxylation is 1. The van der Waals surface area contributed by atoms with E-state index in [9.17, 15) is 9.90 Å². The van der Waals surface area contributed by atoms with E-state index in [1.165, 1.54) is 0 Å². The molecule has 2 heterocycles. The summed E-state index contributed by atoms with van der Waals surface area (Å²) in [4.78, 5) is 34.8. The Kier molecular flexibility index (Phi) is 12.6. The second kappa shape index (κ2) is 13.9.